The molecule has 0 saturated carbocycles. The number of anilines is 1. The second-order valence-electron chi connectivity index (χ2n) is 7.71. The van der Waals surface area contributed by atoms with Crippen LogP contribution in [0.5, 0.6) is 5.75 Å². The van der Waals surface area contributed by atoms with Gasteiger partial charge in [-0.25, -0.2) is 14.6 Å². The standard InChI is InChI=1S/C24H34N6O3S/c1-4-6-14-33-19-9-7-18(8-10-19)23(31)26-11-13-30-22-20(17-27-30)21(25-12-15-32-3)28-24(29-22)34-16-5-2/h7-10,17H,4-6,11-16H2,1-3H3,(H,26,31)(H,25,28,29). The van der Waals surface area contributed by atoms with Gasteiger partial charge in [0.15, 0.2) is 10.8 Å². The van der Waals surface area contributed by atoms with Crippen LogP contribution in [-0.4, -0.2) is 64.8 Å². The van der Waals surface area contributed by atoms with Crippen molar-refractivity contribution in [2.75, 3.05) is 44.5 Å². The molecule has 2 N–H and O–H groups in total. The third-order valence-corrected chi connectivity index (χ3v) is 6.06. The van der Waals surface area contributed by atoms with E-state index < -0.39 is 0 Å². The van der Waals surface area contributed by atoms with Gasteiger partial charge >= 0.3 is 0 Å². The molecule has 0 fully saturated rings. The Labute approximate surface area is 205 Å². The summed E-state index contributed by atoms with van der Waals surface area (Å²) in [6, 6.07) is 7.22. The Morgan fingerprint density at radius 2 is 1.91 bits per heavy atom. The number of nitrogens with one attached hydrogen (secondary N) is 2. The van der Waals surface area contributed by atoms with Gasteiger partial charge in [0.2, 0.25) is 0 Å². The first-order chi connectivity index (χ1) is 16.7. The summed E-state index contributed by atoms with van der Waals surface area (Å²) in [5.41, 5.74) is 1.34. The molecule has 2 heterocycles. The van der Waals surface area contributed by atoms with Crippen LogP contribution in [0.15, 0.2) is 35.6 Å². The van der Waals surface area contributed by atoms with E-state index in [4.69, 9.17) is 14.5 Å². The van der Waals surface area contributed by atoms with E-state index in [0.29, 0.717) is 43.6 Å². The molecule has 34 heavy (non-hydrogen) atoms. The van der Waals surface area contributed by atoms with Crippen LogP contribution in [0, 0.1) is 0 Å². The largest absolute Gasteiger partial charge is 0.494 e. The maximum absolute atomic E-state index is 12.5. The second-order valence-corrected chi connectivity index (χ2v) is 8.77. The predicted octanol–water partition coefficient (Wildman–Crippen LogP) is 4.00. The van der Waals surface area contributed by atoms with Gasteiger partial charge < -0.3 is 20.1 Å². The minimum Gasteiger partial charge on any atom is -0.494 e. The fraction of sp³-hybridized carbons (Fsp3) is 0.500. The molecule has 0 bridgehead atoms. The number of fused-ring (bicyclic) bond motifs is 1. The van der Waals surface area contributed by atoms with Crippen molar-refractivity contribution in [1.82, 2.24) is 25.1 Å². The average molecular weight is 487 g/mol. The van der Waals surface area contributed by atoms with Crippen LogP contribution in [0.2, 0.25) is 0 Å². The summed E-state index contributed by atoms with van der Waals surface area (Å²) in [4.78, 5) is 21.9. The summed E-state index contributed by atoms with van der Waals surface area (Å²) >= 11 is 1.62. The van der Waals surface area contributed by atoms with Gasteiger partial charge in [-0.05, 0) is 37.1 Å². The molecule has 0 atom stereocenters. The first-order valence-electron chi connectivity index (χ1n) is 11.8. The van der Waals surface area contributed by atoms with Crippen LogP contribution in [-0.2, 0) is 11.3 Å². The molecular weight excluding hydrogens is 452 g/mol. The molecule has 1 aromatic carbocycles. The van der Waals surface area contributed by atoms with Crippen molar-refractivity contribution in [2.45, 2.75) is 44.8 Å². The van der Waals surface area contributed by atoms with Crippen molar-refractivity contribution in [2.24, 2.45) is 0 Å². The van der Waals surface area contributed by atoms with Crippen LogP contribution >= 0.6 is 11.8 Å². The van der Waals surface area contributed by atoms with Crippen LogP contribution in [0.25, 0.3) is 11.0 Å². The summed E-state index contributed by atoms with van der Waals surface area (Å²) in [5.74, 6) is 2.33. The number of nitrogens with zero attached hydrogens (tertiary/aromatic N) is 4. The Hall–Kier alpha value is -2.85. The van der Waals surface area contributed by atoms with Crippen molar-refractivity contribution >= 4 is 34.5 Å². The third-order valence-electron chi connectivity index (χ3n) is 5.00. The zero-order valence-corrected chi connectivity index (χ0v) is 21.0. The molecule has 3 aromatic rings. The van der Waals surface area contributed by atoms with Gasteiger partial charge in [0.25, 0.3) is 5.91 Å². The van der Waals surface area contributed by atoms with Gasteiger partial charge in [-0.2, -0.15) is 5.10 Å². The lowest BCUT2D eigenvalue weighted by molar-refractivity contribution is 0.0952. The van der Waals surface area contributed by atoms with E-state index in [0.717, 1.165) is 47.6 Å². The minimum absolute atomic E-state index is 0.132. The van der Waals surface area contributed by atoms with E-state index in [9.17, 15) is 4.79 Å². The van der Waals surface area contributed by atoms with Crippen molar-refractivity contribution in [3.8, 4) is 5.75 Å². The second kappa shape index (κ2) is 13.8. The molecule has 0 radical (unpaired) electrons. The fourth-order valence-electron chi connectivity index (χ4n) is 3.18. The Balaban J connectivity index is 1.62. The number of hydrogen-bond donors (Lipinski definition) is 2. The zero-order chi connectivity index (χ0) is 24.2. The number of unbranched alkanes of at least 4 members (excludes halogenated alkanes) is 1. The van der Waals surface area contributed by atoms with E-state index in [1.807, 2.05) is 12.1 Å². The highest BCUT2D eigenvalue weighted by molar-refractivity contribution is 7.99. The maximum Gasteiger partial charge on any atom is 0.251 e. The Morgan fingerprint density at radius 3 is 2.65 bits per heavy atom. The smallest absolute Gasteiger partial charge is 0.251 e. The number of ether oxygens (including phenoxy) is 2. The number of methoxy groups -OCH3 is 1. The van der Waals surface area contributed by atoms with E-state index in [1.54, 1.807) is 41.9 Å². The number of carbonyl (C=O) groups is 1. The third kappa shape index (κ3) is 7.33. The number of carbonyl (C=O) groups excluding carboxylic acids is 1. The topological polar surface area (TPSA) is 103 Å². The molecule has 0 saturated heterocycles. The van der Waals surface area contributed by atoms with Crippen LogP contribution in [0.4, 0.5) is 5.82 Å². The molecule has 3 rings (SSSR count). The molecule has 10 heteroatoms. The van der Waals surface area contributed by atoms with E-state index in [1.165, 1.54) is 0 Å². The molecule has 184 valence electrons. The van der Waals surface area contributed by atoms with Crippen molar-refractivity contribution < 1.29 is 14.3 Å². The van der Waals surface area contributed by atoms with Crippen molar-refractivity contribution in [3.63, 3.8) is 0 Å². The van der Waals surface area contributed by atoms with Gasteiger partial charge in [-0.3, -0.25) is 4.79 Å². The quantitative estimate of drug-likeness (QED) is 0.189. The number of benzene rings is 1. The molecule has 0 unspecified atom stereocenters. The molecule has 2 aromatic heterocycles. The molecule has 0 aliphatic heterocycles. The number of amides is 1. The summed E-state index contributed by atoms with van der Waals surface area (Å²) in [5, 5.41) is 12.3. The minimum atomic E-state index is -0.132. The number of rotatable bonds is 15. The highest BCUT2D eigenvalue weighted by atomic mass is 32.2. The van der Waals surface area contributed by atoms with Crippen molar-refractivity contribution in [1.29, 1.82) is 0 Å². The van der Waals surface area contributed by atoms with Crippen LogP contribution in [0.3, 0.4) is 0 Å². The van der Waals surface area contributed by atoms with Gasteiger partial charge in [-0.15, -0.1) is 0 Å². The number of thioether (sulfide) groups is 1. The molecule has 0 aliphatic rings. The lowest BCUT2D eigenvalue weighted by atomic mass is 10.2. The monoisotopic (exact) mass is 486 g/mol. The fourth-order valence-corrected chi connectivity index (χ4v) is 3.87. The summed E-state index contributed by atoms with van der Waals surface area (Å²) in [6.07, 6.45) is 4.90. The summed E-state index contributed by atoms with van der Waals surface area (Å²) in [6.45, 7) is 7.09. The SMILES string of the molecule is CCCCOc1ccc(C(=O)NCCn2ncc3c(NCCOC)nc(SCCC)nc32)cc1. The Bertz CT molecular complexity index is 1040. The summed E-state index contributed by atoms with van der Waals surface area (Å²) < 4.78 is 12.6. The van der Waals surface area contributed by atoms with E-state index >= 15 is 0 Å². The lowest BCUT2D eigenvalue weighted by Gasteiger charge is -2.10. The highest BCUT2D eigenvalue weighted by Gasteiger charge is 2.14. The summed E-state index contributed by atoms with van der Waals surface area (Å²) in [7, 11) is 1.67. The molecule has 1 amide bonds. The van der Waals surface area contributed by atoms with Gasteiger partial charge in [-0.1, -0.05) is 32.0 Å². The lowest BCUT2D eigenvalue weighted by Crippen LogP contribution is -2.27. The maximum atomic E-state index is 12.5. The van der Waals surface area contributed by atoms with E-state index in [2.05, 4.69) is 34.6 Å². The van der Waals surface area contributed by atoms with Gasteiger partial charge in [0.05, 0.1) is 31.3 Å². The molecule has 0 aliphatic carbocycles. The Morgan fingerprint density at radius 1 is 1.09 bits per heavy atom. The highest BCUT2D eigenvalue weighted by Crippen LogP contribution is 2.24. The van der Waals surface area contributed by atoms with Gasteiger partial charge in [0, 0.05) is 31.5 Å². The van der Waals surface area contributed by atoms with Gasteiger partial charge in [0.1, 0.15) is 11.6 Å². The zero-order valence-electron chi connectivity index (χ0n) is 20.2. The molecule has 9 nitrogen and oxygen atoms in total. The molecular formula is C24H34N6O3S. The van der Waals surface area contributed by atoms with Crippen molar-refractivity contribution in [3.05, 3.63) is 36.0 Å². The number of aromatic nitrogens is 4. The van der Waals surface area contributed by atoms with Crippen LogP contribution in [0.1, 0.15) is 43.5 Å². The normalized spacial score (nSPS) is 11.0. The predicted molar refractivity (Wildman–Crippen MR) is 136 cm³/mol. The average Bonchev–Trinajstić information content (AvgIpc) is 3.26. The molecule has 0 spiro atoms. The number of hydrogen-bond acceptors (Lipinski definition) is 8. The van der Waals surface area contributed by atoms with Crippen LogP contribution < -0.4 is 15.4 Å². The Kier molecular flexibility index (Phi) is 10.4. The first-order valence-corrected chi connectivity index (χ1v) is 12.7. The first kappa shape index (κ1) is 25.8. The van der Waals surface area contributed by atoms with E-state index in [-0.39, 0.29) is 5.91 Å².